The van der Waals surface area contributed by atoms with Crippen molar-refractivity contribution in [2.24, 2.45) is 0 Å². The van der Waals surface area contributed by atoms with Gasteiger partial charge in [0.1, 0.15) is 11.6 Å². The minimum Gasteiger partial charge on any atom is -0.475 e. The molecule has 0 heterocycles. The number of alkyl halides is 3. The summed E-state index contributed by atoms with van der Waals surface area (Å²) in [5, 5.41) is 8.63. The molecule has 3 nitrogen and oxygen atoms in total. The van der Waals surface area contributed by atoms with Gasteiger partial charge in [0, 0.05) is 0 Å². The van der Waals surface area contributed by atoms with Gasteiger partial charge in [0.25, 0.3) is 0 Å². The van der Waals surface area contributed by atoms with Gasteiger partial charge < -0.3 is 9.84 Å². The summed E-state index contributed by atoms with van der Waals surface area (Å²) in [5.74, 6) is -3.84. The van der Waals surface area contributed by atoms with Crippen molar-refractivity contribution in [3.05, 3.63) is 41.4 Å². The molecule has 0 atom stereocenters. The van der Waals surface area contributed by atoms with E-state index in [-0.39, 0.29) is 0 Å². The molecule has 0 aliphatic carbocycles. The number of benzene rings is 1. The summed E-state index contributed by atoms with van der Waals surface area (Å²) in [6.07, 6.45) is -3.80. The van der Waals surface area contributed by atoms with Crippen molar-refractivity contribution < 1.29 is 32.2 Å². The molecule has 18 heavy (non-hydrogen) atoms. The van der Waals surface area contributed by atoms with E-state index in [1.807, 2.05) is 0 Å². The van der Waals surface area contributed by atoms with Gasteiger partial charge in [-0.25, -0.2) is 9.18 Å². The normalized spacial score (nSPS) is 12.4. The van der Waals surface area contributed by atoms with Crippen molar-refractivity contribution in [2.45, 2.75) is 13.1 Å². The van der Waals surface area contributed by atoms with Crippen molar-refractivity contribution in [2.75, 3.05) is 0 Å². The summed E-state index contributed by atoms with van der Waals surface area (Å²) in [6.45, 7) is 1.34. The van der Waals surface area contributed by atoms with Crippen LogP contribution in [0, 0.1) is 5.82 Å². The average molecular weight is 264 g/mol. The molecule has 1 rings (SSSR count). The molecule has 0 unspecified atom stereocenters. The van der Waals surface area contributed by atoms with Gasteiger partial charge >= 0.3 is 12.1 Å². The summed E-state index contributed by atoms with van der Waals surface area (Å²) in [6, 6.07) is 1.88. The molecular formula is C11H8F4O3. The first kappa shape index (κ1) is 14.0. The van der Waals surface area contributed by atoms with E-state index in [2.05, 4.69) is 0 Å². The van der Waals surface area contributed by atoms with Crippen LogP contribution < -0.4 is 4.74 Å². The number of carboxylic acids is 1. The summed E-state index contributed by atoms with van der Waals surface area (Å²) < 4.78 is 54.8. The SMILES string of the molecule is C/C=C(\Oc1ccc(F)c(C(F)(F)F)c1)C(=O)O. The molecule has 0 bridgehead atoms. The lowest BCUT2D eigenvalue weighted by molar-refractivity contribution is -0.140. The van der Waals surface area contributed by atoms with Crippen molar-refractivity contribution in [1.29, 1.82) is 0 Å². The summed E-state index contributed by atoms with van der Waals surface area (Å²) in [7, 11) is 0. The van der Waals surface area contributed by atoms with Gasteiger partial charge in [-0.1, -0.05) is 0 Å². The molecule has 1 aromatic carbocycles. The van der Waals surface area contributed by atoms with Gasteiger partial charge in [-0.3, -0.25) is 0 Å². The van der Waals surface area contributed by atoms with E-state index in [9.17, 15) is 22.4 Å². The van der Waals surface area contributed by atoms with Crippen LogP contribution in [-0.2, 0) is 11.0 Å². The Bertz CT molecular complexity index is 492. The highest BCUT2D eigenvalue weighted by atomic mass is 19.4. The van der Waals surface area contributed by atoms with Crippen LogP contribution in [0.4, 0.5) is 17.6 Å². The molecule has 0 saturated carbocycles. The summed E-state index contributed by atoms with van der Waals surface area (Å²) in [5.41, 5.74) is -1.51. The Balaban J connectivity index is 3.10. The summed E-state index contributed by atoms with van der Waals surface area (Å²) >= 11 is 0. The predicted molar refractivity (Wildman–Crippen MR) is 53.4 cm³/mol. The number of allylic oxidation sites excluding steroid dienone is 1. The zero-order chi connectivity index (χ0) is 13.9. The molecule has 1 aromatic rings. The predicted octanol–water partition coefficient (Wildman–Crippen LogP) is 3.21. The molecule has 7 heteroatoms. The maximum Gasteiger partial charge on any atom is 0.419 e. The number of aliphatic carboxylic acids is 1. The Morgan fingerprint density at radius 2 is 2.00 bits per heavy atom. The van der Waals surface area contributed by atoms with Crippen LogP contribution in [0.25, 0.3) is 0 Å². The van der Waals surface area contributed by atoms with Gasteiger partial charge in [0.2, 0.25) is 5.76 Å². The van der Waals surface area contributed by atoms with E-state index >= 15 is 0 Å². The number of carboxylic acid groups (broad SMARTS) is 1. The van der Waals surface area contributed by atoms with Gasteiger partial charge in [-0.05, 0) is 31.2 Å². The lowest BCUT2D eigenvalue weighted by Crippen LogP contribution is -2.10. The quantitative estimate of drug-likeness (QED) is 0.518. The molecule has 98 valence electrons. The topological polar surface area (TPSA) is 46.5 Å². The number of halogens is 4. The molecule has 0 spiro atoms. The van der Waals surface area contributed by atoms with Crippen molar-refractivity contribution in [3.63, 3.8) is 0 Å². The van der Waals surface area contributed by atoms with E-state index in [0.717, 1.165) is 12.1 Å². The Morgan fingerprint density at radius 1 is 1.39 bits per heavy atom. The third kappa shape index (κ3) is 3.22. The molecule has 0 aromatic heterocycles. The first-order chi connectivity index (χ1) is 8.25. The second kappa shape index (κ2) is 5.07. The number of hydrogen-bond donors (Lipinski definition) is 1. The number of hydrogen-bond acceptors (Lipinski definition) is 2. The number of carbonyl (C=O) groups is 1. The first-order valence-electron chi connectivity index (χ1n) is 4.70. The molecular weight excluding hydrogens is 256 g/mol. The highest BCUT2D eigenvalue weighted by Crippen LogP contribution is 2.33. The molecule has 0 radical (unpaired) electrons. The van der Waals surface area contributed by atoms with Gasteiger partial charge in [-0.2, -0.15) is 13.2 Å². The molecule has 0 fully saturated rings. The minimum atomic E-state index is -4.87. The van der Waals surface area contributed by atoms with E-state index in [1.54, 1.807) is 0 Å². The average Bonchev–Trinajstić information content (AvgIpc) is 2.25. The Hall–Kier alpha value is -2.05. The fourth-order valence-electron chi connectivity index (χ4n) is 1.14. The standard InChI is InChI=1S/C11H8F4O3/c1-2-9(10(16)17)18-6-3-4-8(12)7(5-6)11(13,14)15/h2-5H,1H3,(H,16,17)/b9-2-. The smallest absolute Gasteiger partial charge is 0.419 e. The Labute approximate surface area is 99.3 Å². The fraction of sp³-hybridized carbons (Fsp3) is 0.182. The third-order valence-electron chi connectivity index (χ3n) is 1.94. The maximum atomic E-state index is 12.9. The van der Waals surface area contributed by atoms with Crippen LogP contribution in [0.2, 0.25) is 0 Å². The van der Waals surface area contributed by atoms with Crippen molar-refractivity contribution in [3.8, 4) is 5.75 Å². The van der Waals surface area contributed by atoms with Gasteiger partial charge in [0.15, 0.2) is 0 Å². The number of rotatable bonds is 3. The van der Waals surface area contributed by atoms with Crippen LogP contribution in [0.1, 0.15) is 12.5 Å². The molecule has 1 N–H and O–H groups in total. The highest BCUT2D eigenvalue weighted by molar-refractivity contribution is 5.84. The lowest BCUT2D eigenvalue weighted by atomic mass is 10.2. The number of ether oxygens (including phenoxy) is 1. The van der Waals surface area contributed by atoms with Crippen LogP contribution >= 0.6 is 0 Å². The lowest BCUT2D eigenvalue weighted by Gasteiger charge is -2.11. The van der Waals surface area contributed by atoms with Crippen LogP contribution in [0.3, 0.4) is 0 Å². The van der Waals surface area contributed by atoms with Crippen LogP contribution in [-0.4, -0.2) is 11.1 Å². The van der Waals surface area contributed by atoms with E-state index < -0.39 is 35.0 Å². The minimum absolute atomic E-state index is 0.403. The van der Waals surface area contributed by atoms with E-state index in [1.165, 1.54) is 6.92 Å². The van der Waals surface area contributed by atoms with E-state index in [4.69, 9.17) is 9.84 Å². The van der Waals surface area contributed by atoms with Gasteiger partial charge in [0.05, 0.1) is 5.56 Å². The van der Waals surface area contributed by atoms with Crippen molar-refractivity contribution >= 4 is 5.97 Å². The molecule has 0 aliphatic rings. The van der Waals surface area contributed by atoms with Crippen molar-refractivity contribution in [1.82, 2.24) is 0 Å². The fourth-order valence-corrected chi connectivity index (χ4v) is 1.14. The zero-order valence-corrected chi connectivity index (χ0v) is 9.08. The largest absolute Gasteiger partial charge is 0.475 e. The van der Waals surface area contributed by atoms with Crippen LogP contribution in [0.15, 0.2) is 30.0 Å². The molecule has 0 aliphatic heterocycles. The zero-order valence-electron chi connectivity index (χ0n) is 9.08. The molecule has 0 amide bonds. The first-order valence-corrected chi connectivity index (χ1v) is 4.70. The van der Waals surface area contributed by atoms with Gasteiger partial charge in [-0.15, -0.1) is 0 Å². The summed E-state index contributed by atoms with van der Waals surface area (Å²) in [4.78, 5) is 10.6. The Kier molecular flexibility index (Phi) is 3.95. The Morgan fingerprint density at radius 3 is 2.44 bits per heavy atom. The molecule has 0 saturated heterocycles. The maximum absolute atomic E-state index is 12.9. The second-order valence-corrected chi connectivity index (χ2v) is 3.20. The van der Waals surface area contributed by atoms with Crippen LogP contribution in [0.5, 0.6) is 5.75 Å². The van der Waals surface area contributed by atoms with E-state index in [0.29, 0.717) is 12.1 Å². The monoisotopic (exact) mass is 264 g/mol. The second-order valence-electron chi connectivity index (χ2n) is 3.20. The highest BCUT2D eigenvalue weighted by Gasteiger charge is 2.34. The third-order valence-corrected chi connectivity index (χ3v) is 1.94.